The number of sulfone groups is 1. The van der Waals surface area contributed by atoms with Crippen LogP contribution >= 0.6 is 0 Å². The topological polar surface area (TPSA) is 77.1 Å². The van der Waals surface area contributed by atoms with Gasteiger partial charge in [-0.3, -0.25) is 0 Å². The van der Waals surface area contributed by atoms with Crippen molar-refractivity contribution in [3.8, 4) is 0 Å². The molecule has 0 bridgehead atoms. The summed E-state index contributed by atoms with van der Waals surface area (Å²) >= 11 is 0. The molecule has 1 heterocycles. The van der Waals surface area contributed by atoms with Crippen molar-refractivity contribution in [1.29, 1.82) is 0 Å². The van der Waals surface area contributed by atoms with Gasteiger partial charge < -0.3 is 10.1 Å². The van der Waals surface area contributed by atoms with Crippen LogP contribution in [0.1, 0.15) is 37.0 Å². The normalized spacial score (nSPS) is 17.2. The van der Waals surface area contributed by atoms with E-state index in [0.29, 0.717) is 11.5 Å². The van der Waals surface area contributed by atoms with Gasteiger partial charge in [-0.2, -0.15) is 0 Å². The van der Waals surface area contributed by atoms with Crippen molar-refractivity contribution < 1.29 is 23.3 Å². The van der Waals surface area contributed by atoms with E-state index >= 15 is 0 Å². The molecular weight excluding hydrogens is 302 g/mol. The molecule has 1 aromatic carbocycles. The monoisotopic (exact) mass is 326 g/mol. The third-order valence-electron chi connectivity index (χ3n) is 4.30. The summed E-state index contributed by atoms with van der Waals surface area (Å²) in [5.41, 5.74) is -0.135. The molecule has 22 heavy (non-hydrogen) atoms. The lowest BCUT2D eigenvalue weighted by atomic mass is 9.83. The van der Waals surface area contributed by atoms with Crippen LogP contribution in [0.4, 0.5) is 0 Å². The van der Waals surface area contributed by atoms with Crippen LogP contribution in [0.5, 0.6) is 0 Å². The largest absolute Gasteiger partial charge is 0.456 e. The number of piperidine rings is 1. The van der Waals surface area contributed by atoms with Crippen molar-refractivity contribution in [2.75, 3.05) is 19.3 Å². The van der Waals surface area contributed by atoms with E-state index in [2.05, 4.69) is 5.32 Å². The molecular formula is C16H24NO4S+. The minimum Gasteiger partial charge on any atom is -0.456 e. The Morgan fingerprint density at radius 2 is 1.73 bits per heavy atom. The highest BCUT2D eigenvalue weighted by molar-refractivity contribution is 7.90. The summed E-state index contributed by atoms with van der Waals surface area (Å²) in [6.45, 7) is 6.03. The van der Waals surface area contributed by atoms with E-state index in [1.165, 1.54) is 24.3 Å². The Morgan fingerprint density at radius 1 is 1.18 bits per heavy atom. The first-order valence-corrected chi connectivity index (χ1v) is 9.44. The Balaban J connectivity index is 2.08. The third kappa shape index (κ3) is 4.08. The summed E-state index contributed by atoms with van der Waals surface area (Å²) in [6.07, 6.45) is 3.21. The summed E-state index contributed by atoms with van der Waals surface area (Å²) in [4.78, 5) is 12.5. The van der Waals surface area contributed by atoms with Crippen molar-refractivity contribution >= 4 is 15.8 Å². The Labute approximate surface area is 132 Å². The summed E-state index contributed by atoms with van der Waals surface area (Å²) in [6, 6.07) is 5.88. The van der Waals surface area contributed by atoms with Gasteiger partial charge in [-0.15, -0.1) is 0 Å². The van der Waals surface area contributed by atoms with Gasteiger partial charge in [0.25, 0.3) is 0 Å². The fraction of sp³-hybridized carbons (Fsp3) is 0.562. The number of hydrogen-bond donors (Lipinski definition) is 1. The van der Waals surface area contributed by atoms with Crippen LogP contribution in [0.2, 0.25) is 0 Å². The molecule has 0 aliphatic carbocycles. The van der Waals surface area contributed by atoms with Crippen LogP contribution in [-0.4, -0.2) is 39.3 Å². The van der Waals surface area contributed by atoms with Gasteiger partial charge in [-0.1, -0.05) is 0 Å². The molecule has 0 atom stereocenters. The molecule has 1 aliphatic heterocycles. The highest BCUT2D eigenvalue weighted by Crippen LogP contribution is 2.28. The van der Waals surface area contributed by atoms with Crippen LogP contribution in [0.15, 0.2) is 29.2 Å². The van der Waals surface area contributed by atoms with Crippen LogP contribution < -0.4 is 5.32 Å². The van der Waals surface area contributed by atoms with Crippen LogP contribution in [0.25, 0.3) is 0 Å². The lowest BCUT2D eigenvalue weighted by Gasteiger charge is -2.35. The molecule has 5 nitrogen and oxygen atoms in total. The zero-order valence-corrected chi connectivity index (χ0v) is 14.2. The van der Waals surface area contributed by atoms with Crippen molar-refractivity contribution in [3.05, 3.63) is 29.8 Å². The number of carbonyl (C=O) groups is 1. The van der Waals surface area contributed by atoms with Gasteiger partial charge in [0.15, 0.2) is 9.84 Å². The van der Waals surface area contributed by atoms with E-state index in [4.69, 9.17) is 4.74 Å². The average molecular weight is 326 g/mol. The Kier molecular flexibility index (Phi) is 4.92. The maximum atomic E-state index is 12.3. The van der Waals surface area contributed by atoms with E-state index in [0.717, 1.165) is 32.2 Å². The second-order valence-corrected chi connectivity index (χ2v) is 8.45. The second kappa shape index (κ2) is 6.38. The predicted octanol–water partition coefficient (Wildman–Crippen LogP) is 0.999. The summed E-state index contributed by atoms with van der Waals surface area (Å²) in [7, 11) is -3.25. The predicted molar refractivity (Wildman–Crippen MR) is 83.4 cm³/mol. The molecule has 2 N–H and O–H groups in total. The van der Waals surface area contributed by atoms with Gasteiger partial charge in [0.2, 0.25) is 0 Å². The zero-order valence-electron chi connectivity index (χ0n) is 13.3. The van der Waals surface area contributed by atoms with Gasteiger partial charge in [-0.05, 0) is 38.1 Å². The minimum absolute atomic E-state index is 0.200. The average Bonchev–Trinajstić information content (AvgIpc) is 2.47. The summed E-state index contributed by atoms with van der Waals surface area (Å²) in [5.74, 6) is -0.0450. The molecule has 0 unspecified atom stereocenters. The maximum absolute atomic E-state index is 12.3. The van der Waals surface area contributed by atoms with Gasteiger partial charge in [-0.25, -0.2) is 13.2 Å². The van der Waals surface area contributed by atoms with E-state index in [-0.39, 0.29) is 4.90 Å². The lowest BCUT2D eigenvalue weighted by Crippen LogP contribution is -2.86. The molecule has 0 aromatic heterocycles. The number of quaternary nitrogens is 1. The van der Waals surface area contributed by atoms with Gasteiger partial charge in [0.05, 0.1) is 23.5 Å². The Hall–Kier alpha value is -1.40. The molecule has 122 valence electrons. The van der Waals surface area contributed by atoms with E-state index in [1.807, 2.05) is 13.8 Å². The number of rotatable bonds is 4. The smallest absolute Gasteiger partial charge is 0.338 e. The molecule has 1 fully saturated rings. The summed E-state index contributed by atoms with van der Waals surface area (Å²) < 4.78 is 28.5. The number of esters is 1. The molecule has 1 aliphatic rings. The molecule has 1 saturated heterocycles. The fourth-order valence-corrected chi connectivity index (χ4v) is 3.47. The van der Waals surface area contributed by atoms with Crippen molar-refractivity contribution in [2.24, 2.45) is 5.92 Å². The molecule has 6 heteroatoms. The fourth-order valence-electron chi connectivity index (χ4n) is 2.84. The molecule has 2 rings (SSSR count). The molecule has 0 spiro atoms. The van der Waals surface area contributed by atoms with Gasteiger partial charge in [0.1, 0.15) is 5.60 Å². The van der Waals surface area contributed by atoms with Crippen molar-refractivity contribution in [2.45, 2.75) is 37.2 Å². The highest BCUT2D eigenvalue weighted by Gasteiger charge is 2.35. The number of nitrogens with two attached hydrogens (primary N) is 1. The SMILES string of the molecule is CC(C)(OC(=O)c1ccc(S(C)(=O)=O)cc1)C1CC[NH2+]CC1. The minimum atomic E-state index is -3.25. The molecule has 1 aromatic rings. The standard InChI is InChI=1S/C16H23NO4S/c1-16(2,13-8-10-17-11-9-13)21-15(18)12-4-6-14(7-5-12)22(3,19)20/h4-7,13,17H,8-11H2,1-3H3/p+1. The lowest BCUT2D eigenvalue weighted by molar-refractivity contribution is -0.665. The third-order valence-corrected chi connectivity index (χ3v) is 5.42. The molecule has 0 radical (unpaired) electrons. The number of ether oxygens (including phenoxy) is 1. The van der Waals surface area contributed by atoms with E-state index < -0.39 is 21.4 Å². The van der Waals surface area contributed by atoms with E-state index in [9.17, 15) is 13.2 Å². The quantitative estimate of drug-likeness (QED) is 0.838. The first-order valence-electron chi connectivity index (χ1n) is 7.55. The van der Waals surface area contributed by atoms with Crippen LogP contribution in [0, 0.1) is 5.92 Å². The van der Waals surface area contributed by atoms with Crippen molar-refractivity contribution in [3.63, 3.8) is 0 Å². The van der Waals surface area contributed by atoms with Gasteiger partial charge >= 0.3 is 5.97 Å². The Bertz CT molecular complexity index is 629. The van der Waals surface area contributed by atoms with E-state index in [1.54, 1.807) is 0 Å². The number of hydrogen-bond acceptors (Lipinski definition) is 4. The summed E-state index contributed by atoms with van der Waals surface area (Å²) in [5, 5.41) is 2.28. The number of carbonyl (C=O) groups excluding carboxylic acids is 1. The first-order chi connectivity index (χ1) is 10.2. The van der Waals surface area contributed by atoms with Crippen molar-refractivity contribution in [1.82, 2.24) is 0 Å². The van der Waals surface area contributed by atoms with Gasteiger partial charge in [0, 0.05) is 25.0 Å². The Morgan fingerprint density at radius 3 is 2.23 bits per heavy atom. The zero-order chi connectivity index (χ0) is 16.4. The van der Waals surface area contributed by atoms with Crippen LogP contribution in [-0.2, 0) is 14.6 Å². The van der Waals surface area contributed by atoms with Crippen LogP contribution in [0.3, 0.4) is 0 Å². The second-order valence-electron chi connectivity index (χ2n) is 6.43. The molecule has 0 amide bonds. The molecule has 0 saturated carbocycles. The highest BCUT2D eigenvalue weighted by atomic mass is 32.2. The number of benzene rings is 1. The first kappa shape index (κ1) is 17.0. The maximum Gasteiger partial charge on any atom is 0.338 e.